The number of halogens is 1. The summed E-state index contributed by atoms with van der Waals surface area (Å²) in [7, 11) is 0. The van der Waals surface area contributed by atoms with E-state index in [9.17, 15) is 4.79 Å². The highest BCUT2D eigenvalue weighted by Crippen LogP contribution is 2.23. The highest BCUT2D eigenvalue weighted by molar-refractivity contribution is 9.10. The van der Waals surface area contributed by atoms with Gasteiger partial charge in [0.2, 0.25) is 0 Å². The molecule has 1 unspecified atom stereocenters. The van der Waals surface area contributed by atoms with E-state index in [4.69, 9.17) is 0 Å². The van der Waals surface area contributed by atoms with E-state index in [1.54, 1.807) is 11.8 Å². The average Bonchev–Trinajstić information content (AvgIpc) is 2.49. The molecule has 106 valence electrons. The van der Waals surface area contributed by atoms with E-state index < -0.39 is 0 Å². The van der Waals surface area contributed by atoms with Crippen molar-refractivity contribution in [2.45, 2.75) is 5.75 Å². The molecule has 21 heavy (non-hydrogen) atoms. The van der Waals surface area contributed by atoms with Gasteiger partial charge in [0.25, 0.3) is 5.91 Å². The molecule has 1 heterocycles. The van der Waals surface area contributed by atoms with Gasteiger partial charge in [0.05, 0.1) is 11.5 Å². The zero-order valence-corrected chi connectivity index (χ0v) is 13.6. The normalized spacial score (nSPS) is 20.0. The second kappa shape index (κ2) is 6.54. The SMILES string of the molecule is O=C1N=C(CSCc2ccccc2Br)N=C2C=CC=CC12. The van der Waals surface area contributed by atoms with Crippen molar-refractivity contribution in [3.63, 3.8) is 0 Å². The zero-order valence-electron chi connectivity index (χ0n) is 11.2. The molecule has 0 saturated carbocycles. The van der Waals surface area contributed by atoms with Crippen LogP contribution >= 0.6 is 27.7 Å². The molecule has 3 rings (SSSR count). The van der Waals surface area contributed by atoms with Crippen LogP contribution < -0.4 is 0 Å². The van der Waals surface area contributed by atoms with E-state index >= 15 is 0 Å². The molecule has 1 aromatic rings. The van der Waals surface area contributed by atoms with E-state index in [0.717, 1.165) is 15.9 Å². The van der Waals surface area contributed by atoms with E-state index in [2.05, 4.69) is 32.0 Å². The summed E-state index contributed by atoms with van der Waals surface area (Å²) in [4.78, 5) is 20.5. The van der Waals surface area contributed by atoms with Crippen LogP contribution in [0.2, 0.25) is 0 Å². The minimum atomic E-state index is -0.285. The molecule has 0 spiro atoms. The second-order valence-electron chi connectivity index (χ2n) is 4.71. The molecule has 1 atom stereocenters. The molecule has 0 bridgehead atoms. The Morgan fingerprint density at radius 2 is 2.00 bits per heavy atom. The summed E-state index contributed by atoms with van der Waals surface area (Å²) in [5.41, 5.74) is 2.03. The van der Waals surface area contributed by atoms with Crippen LogP contribution in [0.1, 0.15) is 5.56 Å². The molecule has 1 amide bonds. The van der Waals surface area contributed by atoms with Gasteiger partial charge >= 0.3 is 0 Å². The van der Waals surface area contributed by atoms with Gasteiger partial charge in [-0.25, -0.2) is 4.99 Å². The van der Waals surface area contributed by atoms with Crippen LogP contribution in [0.15, 0.2) is 63.0 Å². The summed E-state index contributed by atoms with van der Waals surface area (Å²) in [6.45, 7) is 0. The predicted octanol–water partition coefficient (Wildman–Crippen LogP) is 3.80. The lowest BCUT2D eigenvalue weighted by atomic mass is 9.97. The maximum atomic E-state index is 12.0. The van der Waals surface area contributed by atoms with Crippen LogP contribution in [0.5, 0.6) is 0 Å². The number of fused-ring (bicyclic) bond motifs is 1. The number of thioether (sulfide) groups is 1. The molecule has 0 N–H and O–H groups in total. The number of nitrogens with zero attached hydrogens (tertiary/aromatic N) is 2. The first-order valence-corrected chi connectivity index (χ1v) is 8.55. The van der Waals surface area contributed by atoms with E-state index in [1.165, 1.54) is 5.56 Å². The summed E-state index contributed by atoms with van der Waals surface area (Å²) in [5, 5.41) is 0. The first kappa shape index (κ1) is 14.5. The summed E-state index contributed by atoms with van der Waals surface area (Å²) in [6, 6.07) is 8.13. The van der Waals surface area contributed by atoms with Gasteiger partial charge in [-0.3, -0.25) is 4.79 Å². The smallest absolute Gasteiger partial charge is 0.260 e. The molecule has 3 nitrogen and oxygen atoms in total. The highest BCUT2D eigenvalue weighted by Gasteiger charge is 2.25. The molecule has 0 fully saturated rings. The van der Waals surface area contributed by atoms with E-state index in [1.807, 2.05) is 42.5 Å². The van der Waals surface area contributed by atoms with Crippen molar-refractivity contribution in [3.8, 4) is 0 Å². The number of amidine groups is 1. The molecule has 0 aromatic heterocycles. The Kier molecular flexibility index (Phi) is 4.51. The summed E-state index contributed by atoms with van der Waals surface area (Å²) in [6.07, 6.45) is 7.49. The third-order valence-corrected chi connectivity index (χ3v) is 4.96. The summed E-state index contributed by atoms with van der Waals surface area (Å²) < 4.78 is 1.10. The molecule has 5 heteroatoms. The van der Waals surface area contributed by atoms with Crippen molar-refractivity contribution in [2.24, 2.45) is 15.9 Å². The third-order valence-electron chi connectivity index (χ3n) is 3.21. The number of aliphatic imine (C=N–C) groups is 2. The van der Waals surface area contributed by atoms with Gasteiger partial charge in [-0.05, 0) is 17.7 Å². The van der Waals surface area contributed by atoms with Crippen LogP contribution in [0, 0.1) is 5.92 Å². The Morgan fingerprint density at radius 1 is 1.14 bits per heavy atom. The molecule has 1 aliphatic carbocycles. The van der Waals surface area contributed by atoms with Gasteiger partial charge in [0, 0.05) is 10.2 Å². The Bertz CT molecular complexity index is 691. The van der Waals surface area contributed by atoms with Gasteiger partial charge in [0.1, 0.15) is 11.8 Å². The number of rotatable bonds is 4. The number of carbonyl (C=O) groups is 1. The third kappa shape index (κ3) is 3.41. The fraction of sp³-hybridized carbons (Fsp3) is 0.188. The van der Waals surface area contributed by atoms with Crippen molar-refractivity contribution in [1.82, 2.24) is 0 Å². The number of carbonyl (C=O) groups excluding carboxylic acids is 1. The number of allylic oxidation sites excluding steroid dienone is 3. The summed E-state index contributed by atoms with van der Waals surface area (Å²) >= 11 is 5.24. The Balaban J connectivity index is 1.63. The van der Waals surface area contributed by atoms with Crippen molar-refractivity contribution in [2.75, 3.05) is 5.75 Å². The topological polar surface area (TPSA) is 41.8 Å². The lowest BCUT2D eigenvalue weighted by Gasteiger charge is -2.17. The first-order chi connectivity index (χ1) is 10.2. The predicted molar refractivity (Wildman–Crippen MR) is 92.0 cm³/mol. The van der Waals surface area contributed by atoms with Crippen LogP contribution in [-0.2, 0) is 10.5 Å². The van der Waals surface area contributed by atoms with Crippen molar-refractivity contribution in [3.05, 3.63) is 58.6 Å². The first-order valence-electron chi connectivity index (χ1n) is 6.60. The Labute approximate surface area is 136 Å². The van der Waals surface area contributed by atoms with Crippen LogP contribution in [-0.4, -0.2) is 23.2 Å². The highest BCUT2D eigenvalue weighted by atomic mass is 79.9. The molecule has 2 aliphatic rings. The van der Waals surface area contributed by atoms with Gasteiger partial charge < -0.3 is 0 Å². The monoisotopic (exact) mass is 360 g/mol. The van der Waals surface area contributed by atoms with E-state index in [0.29, 0.717) is 11.6 Å². The average molecular weight is 361 g/mol. The Hall–Kier alpha value is -1.46. The number of hydrogen-bond donors (Lipinski definition) is 0. The maximum absolute atomic E-state index is 12.0. The lowest BCUT2D eigenvalue weighted by molar-refractivity contribution is -0.118. The standard InChI is InChI=1S/C16H13BrN2OS/c17-13-7-3-1-5-11(13)9-21-10-15-18-14-8-4-2-6-12(14)16(20)19-15/h1-8,12H,9-10H2. The maximum Gasteiger partial charge on any atom is 0.260 e. The molecular weight excluding hydrogens is 348 g/mol. The number of benzene rings is 1. The van der Waals surface area contributed by atoms with Crippen LogP contribution in [0.4, 0.5) is 0 Å². The van der Waals surface area contributed by atoms with Gasteiger partial charge in [-0.15, -0.1) is 11.8 Å². The fourth-order valence-electron chi connectivity index (χ4n) is 2.15. The van der Waals surface area contributed by atoms with Crippen LogP contribution in [0.3, 0.4) is 0 Å². The quantitative estimate of drug-likeness (QED) is 0.819. The van der Waals surface area contributed by atoms with Gasteiger partial charge in [-0.1, -0.05) is 52.4 Å². The van der Waals surface area contributed by atoms with Crippen LogP contribution in [0.25, 0.3) is 0 Å². The van der Waals surface area contributed by atoms with Gasteiger partial charge in [0.15, 0.2) is 0 Å². The van der Waals surface area contributed by atoms with E-state index in [-0.39, 0.29) is 11.8 Å². The second-order valence-corrected chi connectivity index (χ2v) is 6.55. The molecule has 0 radical (unpaired) electrons. The molecule has 1 aromatic carbocycles. The van der Waals surface area contributed by atoms with Crippen molar-refractivity contribution in [1.29, 1.82) is 0 Å². The minimum absolute atomic E-state index is 0.114. The number of amides is 1. The summed E-state index contributed by atoms with van der Waals surface area (Å²) in [5.74, 6) is 1.71. The van der Waals surface area contributed by atoms with Crippen molar-refractivity contribution < 1.29 is 4.79 Å². The molecule has 1 aliphatic heterocycles. The minimum Gasteiger partial charge on any atom is -0.271 e. The zero-order chi connectivity index (χ0) is 14.7. The van der Waals surface area contributed by atoms with Crippen molar-refractivity contribution >= 4 is 45.1 Å². The lowest BCUT2D eigenvalue weighted by Crippen LogP contribution is -2.27. The largest absolute Gasteiger partial charge is 0.271 e. The number of hydrogen-bond acceptors (Lipinski definition) is 3. The van der Waals surface area contributed by atoms with Gasteiger partial charge in [-0.2, -0.15) is 4.99 Å². The Morgan fingerprint density at radius 3 is 2.86 bits per heavy atom. The molecular formula is C16H13BrN2OS. The fourth-order valence-corrected chi connectivity index (χ4v) is 3.65. The molecule has 0 saturated heterocycles.